The van der Waals surface area contributed by atoms with Crippen molar-refractivity contribution in [1.82, 2.24) is 16.0 Å². The Kier molecular flexibility index (Phi) is 26.6. The normalized spacial score (nSPS) is 47.6. The number of carbonyl (C=O) groups is 4. The van der Waals surface area contributed by atoms with Gasteiger partial charge in [0, 0.05) is 27.2 Å². The molecule has 7 aliphatic heterocycles. The first-order valence-electron chi connectivity index (χ1n) is 29.1. The van der Waals surface area contributed by atoms with Crippen molar-refractivity contribution in [2.45, 2.75) is 254 Å². The van der Waals surface area contributed by atoms with E-state index in [0.29, 0.717) is 0 Å². The van der Waals surface area contributed by atoms with Crippen molar-refractivity contribution >= 4 is 23.7 Å². The summed E-state index contributed by atoms with van der Waals surface area (Å²) in [6.07, 6.45) is -67.0. The Labute approximate surface area is 520 Å². The van der Waals surface area contributed by atoms with Gasteiger partial charge in [0.1, 0.15) is 159 Å². The van der Waals surface area contributed by atoms with Crippen LogP contribution < -0.4 is 16.0 Å². The number of rotatable bonds is 24. The van der Waals surface area contributed by atoms with Crippen LogP contribution in [0, 0.1) is 0 Å². The number of aliphatic hydroxyl groups is 20. The van der Waals surface area contributed by atoms with Gasteiger partial charge in [0.25, 0.3) is 5.79 Å². The van der Waals surface area contributed by atoms with Crippen LogP contribution in [0.1, 0.15) is 34.1 Å². The number of carboxylic acids is 1. The summed E-state index contributed by atoms with van der Waals surface area (Å²) in [7, 11) is 0. The second-order valence-corrected chi connectivity index (χ2v) is 23.2. The van der Waals surface area contributed by atoms with Gasteiger partial charge in [-0.25, -0.2) is 4.79 Å². The van der Waals surface area contributed by atoms with Gasteiger partial charge in [0.2, 0.25) is 17.7 Å². The number of ether oxygens (including phenoxy) is 13. The van der Waals surface area contributed by atoms with E-state index in [1.54, 1.807) is 0 Å². The molecule has 7 fully saturated rings. The van der Waals surface area contributed by atoms with Crippen LogP contribution in [-0.4, -0.2) is 391 Å². The highest BCUT2D eigenvalue weighted by atomic mass is 16.8. The molecular formula is C51H85N3O38. The zero-order valence-corrected chi connectivity index (χ0v) is 49.5. The van der Waals surface area contributed by atoms with E-state index in [4.69, 9.17) is 61.6 Å². The Bertz CT molecular complexity index is 2400. The van der Waals surface area contributed by atoms with E-state index in [0.717, 1.165) is 20.8 Å². The maximum absolute atomic E-state index is 13.3. The summed E-state index contributed by atoms with van der Waals surface area (Å²) in [6.45, 7) is -2.68. The molecule has 41 heteroatoms. The first-order chi connectivity index (χ1) is 43.3. The van der Waals surface area contributed by atoms with Crippen LogP contribution in [-0.2, 0) is 80.8 Å². The molecular weight excluding hydrogens is 1260 g/mol. The van der Waals surface area contributed by atoms with Crippen LogP contribution in [0.15, 0.2) is 0 Å². The second kappa shape index (κ2) is 32.3. The number of carboxylic acid groups (broad SMARTS) is 1. The lowest BCUT2D eigenvalue weighted by Crippen LogP contribution is -2.72. The standard InChI is InChI=1S/C51H85N3O38/c1-12-26(66)31(71)34(74)47(80-12)89-41-25(54-15(4)63)46(85-22(11-60)39(41)88-49-36(76)43(29(69)19(8-57)83-49)92-51(50(78)79)5-16(64)23(52-13(2)61)40(91-51)27(67)17(65)6-55)86-37-21(10-59)84-45(24(30(37)70)53-14(3)62)90-42-28(68)18(7-56)82-48(35(42)75)87-38-20(9-58)81-44(77)33(73)32(38)72/h12,16-49,55-60,64-77H,5-11H2,1-4H3,(H,52,61)(H,53,62)(H,54,63)(H,78,79)/t12-,16-,17+,18+,19+,20+,21+,22+,23+,24+,25+,26+,27+,28-,29-,30+,31+,32+,33+,34-,35+,36+,37-,38+,39+,40+,41+,42-,43-,44+,45-,46-,47-,48-,49-,51-/m0/s1. The number of hydrogen-bond donors (Lipinski definition) is 24. The highest BCUT2D eigenvalue weighted by molar-refractivity contribution is 5.77. The molecule has 7 rings (SSSR count). The molecule has 92 heavy (non-hydrogen) atoms. The first kappa shape index (κ1) is 75.9. The number of hydrogen-bond acceptors (Lipinski definition) is 37. The molecule has 7 heterocycles. The van der Waals surface area contributed by atoms with Gasteiger partial charge in [0.05, 0.1) is 57.9 Å². The highest BCUT2D eigenvalue weighted by Crippen LogP contribution is 2.41. The topological polar surface area (TPSA) is 649 Å². The number of amides is 3. The minimum absolute atomic E-state index is 0.858. The summed E-state index contributed by atoms with van der Waals surface area (Å²) in [5.74, 6) is -8.19. The quantitative estimate of drug-likeness (QED) is 0.0427. The lowest BCUT2D eigenvalue weighted by molar-refractivity contribution is -0.397. The average Bonchev–Trinajstić information content (AvgIpc) is 0.781. The van der Waals surface area contributed by atoms with Crippen molar-refractivity contribution in [3.05, 3.63) is 0 Å². The third-order valence-corrected chi connectivity index (χ3v) is 16.7. The number of aliphatic hydroxyl groups excluding tert-OH is 20. The van der Waals surface area contributed by atoms with Gasteiger partial charge in [0.15, 0.2) is 37.7 Å². The fraction of sp³-hybridized carbons (Fsp3) is 0.922. The second-order valence-electron chi connectivity index (χ2n) is 23.2. The Hall–Kier alpha value is -3.44. The van der Waals surface area contributed by atoms with Gasteiger partial charge >= 0.3 is 5.97 Å². The van der Waals surface area contributed by atoms with E-state index in [-0.39, 0.29) is 0 Å². The van der Waals surface area contributed by atoms with Crippen LogP contribution in [0.4, 0.5) is 0 Å². The SMILES string of the molecule is CC(=O)N[C@H]1[C@H](O[C@H]2[C@@H](O)[C@@H](CO)O[C@@H](O[C@H]3[C@H](O)[C@@H](O)[C@H](O)O[C@@H]3CO)[C@@H]2O)O[C@H](CO)[C@H](O[C@@H]2O[C@H](CO)[C@@H](O[C@@H]3O[C@H](CO)[C@H](O)[C@H](O[C@]4(C(=O)O)C[C@H](O)[C@@H](NC(C)=O)[C@H]([C@H](O)[C@H](O)CO)O4)[C@H]3O)[C@H](O[C@@H]3O[C@@H](C)[C@@H](O)[C@@H](O)[C@@H]3O)[C@H]2NC(C)=O)[C@@H]1O. The van der Waals surface area contributed by atoms with Crippen molar-refractivity contribution < 1.29 is 188 Å². The fourth-order valence-corrected chi connectivity index (χ4v) is 11.9. The molecule has 0 unspecified atom stereocenters. The summed E-state index contributed by atoms with van der Waals surface area (Å²) in [4.78, 5) is 51.7. The summed E-state index contributed by atoms with van der Waals surface area (Å²) >= 11 is 0. The van der Waals surface area contributed by atoms with E-state index in [9.17, 15) is 126 Å². The molecule has 7 aliphatic rings. The Balaban J connectivity index is 1.22. The fourth-order valence-electron chi connectivity index (χ4n) is 11.9. The van der Waals surface area contributed by atoms with Crippen LogP contribution in [0.2, 0.25) is 0 Å². The van der Waals surface area contributed by atoms with Gasteiger partial charge in [-0.3, -0.25) is 14.4 Å². The molecule has 41 nitrogen and oxygen atoms in total. The van der Waals surface area contributed by atoms with Crippen molar-refractivity contribution in [3.63, 3.8) is 0 Å². The number of carbonyl (C=O) groups excluding carboxylic acids is 3. The monoisotopic (exact) mass is 1350 g/mol. The smallest absolute Gasteiger partial charge is 0.364 e. The van der Waals surface area contributed by atoms with E-state index in [1.165, 1.54) is 6.92 Å². The maximum atomic E-state index is 13.3. The number of nitrogens with one attached hydrogen (secondary N) is 3. The van der Waals surface area contributed by atoms with E-state index >= 15 is 0 Å². The van der Waals surface area contributed by atoms with Crippen LogP contribution in [0.25, 0.3) is 0 Å². The molecule has 7 saturated heterocycles. The third kappa shape index (κ3) is 16.2. The molecule has 0 saturated carbocycles. The van der Waals surface area contributed by atoms with Crippen molar-refractivity contribution in [3.8, 4) is 0 Å². The third-order valence-electron chi connectivity index (χ3n) is 16.7. The Morgan fingerprint density at radius 3 is 1.40 bits per heavy atom. The van der Waals surface area contributed by atoms with Crippen LogP contribution >= 0.6 is 0 Å². The molecule has 0 aromatic rings. The molecule has 532 valence electrons. The molecule has 0 aromatic carbocycles. The molecule has 0 bridgehead atoms. The van der Waals surface area contributed by atoms with E-state index < -0.39 is 290 Å². The molecule has 0 aromatic heterocycles. The molecule has 0 aliphatic carbocycles. The van der Waals surface area contributed by atoms with Crippen molar-refractivity contribution in [2.24, 2.45) is 0 Å². The Morgan fingerprint density at radius 2 is 0.870 bits per heavy atom. The zero-order valence-electron chi connectivity index (χ0n) is 49.5. The first-order valence-corrected chi connectivity index (χ1v) is 29.1. The maximum Gasteiger partial charge on any atom is 0.364 e. The van der Waals surface area contributed by atoms with Crippen LogP contribution in [0.5, 0.6) is 0 Å². The summed E-state index contributed by atoms with van der Waals surface area (Å²) in [6, 6.07) is -5.63. The lowest BCUT2D eigenvalue weighted by Gasteiger charge is -2.52. The summed E-state index contributed by atoms with van der Waals surface area (Å²) < 4.78 is 76.2. The molecule has 24 N–H and O–H groups in total. The van der Waals surface area contributed by atoms with Gasteiger partial charge in [-0.15, -0.1) is 0 Å². The van der Waals surface area contributed by atoms with E-state index in [2.05, 4.69) is 16.0 Å². The van der Waals surface area contributed by atoms with Crippen molar-refractivity contribution in [2.75, 3.05) is 39.6 Å². The molecule has 3 amide bonds. The van der Waals surface area contributed by atoms with Gasteiger partial charge < -0.3 is 185 Å². The minimum Gasteiger partial charge on any atom is -0.477 e. The largest absolute Gasteiger partial charge is 0.477 e. The average molecular weight is 1350 g/mol. The van der Waals surface area contributed by atoms with Gasteiger partial charge in [-0.05, 0) is 6.92 Å². The molecule has 36 atom stereocenters. The zero-order chi connectivity index (χ0) is 68.3. The highest BCUT2D eigenvalue weighted by Gasteiger charge is 2.62. The summed E-state index contributed by atoms with van der Waals surface area (Å²) in [5, 5.41) is 236. The predicted molar refractivity (Wildman–Crippen MR) is 282 cm³/mol. The van der Waals surface area contributed by atoms with Gasteiger partial charge in [-0.2, -0.15) is 0 Å². The van der Waals surface area contributed by atoms with Crippen LogP contribution in [0.3, 0.4) is 0 Å². The lowest BCUT2D eigenvalue weighted by atomic mass is 9.88. The molecule has 0 radical (unpaired) electrons. The predicted octanol–water partition coefficient (Wildman–Crippen LogP) is -15.6. The number of aliphatic carboxylic acids is 1. The summed E-state index contributed by atoms with van der Waals surface area (Å²) in [5.41, 5.74) is 0. The molecule has 0 spiro atoms. The van der Waals surface area contributed by atoms with Crippen molar-refractivity contribution in [1.29, 1.82) is 0 Å². The van der Waals surface area contributed by atoms with E-state index in [1.807, 2.05) is 0 Å². The Morgan fingerprint density at radius 1 is 0.446 bits per heavy atom. The minimum atomic E-state index is -3.28. The van der Waals surface area contributed by atoms with Gasteiger partial charge in [-0.1, -0.05) is 0 Å².